The van der Waals surface area contributed by atoms with Crippen LogP contribution in [0.25, 0.3) is 0 Å². The number of fused-ring (bicyclic) bond motifs is 2. The van der Waals surface area contributed by atoms with Crippen LogP contribution in [0.5, 0.6) is 0 Å². The minimum atomic E-state index is 0.443. The fraction of sp³-hybridized carbons (Fsp3) is 0.583. The zero-order valence-corrected chi connectivity index (χ0v) is 8.69. The summed E-state index contributed by atoms with van der Waals surface area (Å²) < 4.78 is 5.36. The number of Topliss-reactive ketones (excluding diaryl/α,β-unsaturated/α-hetero) is 1. The Labute approximate surface area is 89.1 Å². The molecule has 80 valence electrons. The topological polar surface area (TPSA) is 33.5 Å². The van der Waals surface area contributed by atoms with Crippen molar-refractivity contribution in [3.05, 3.63) is 24.2 Å². The summed E-state index contributed by atoms with van der Waals surface area (Å²) in [5.41, 5.74) is 0. The van der Waals surface area contributed by atoms with Gasteiger partial charge >= 0.3 is 0 Å². The molecule has 2 fully saturated rings. The molecular weight excluding hydrogens is 190 g/mol. The van der Waals surface area contributed by atoms with Crippen LogP contribution in [0.1, 0.15) is 31.4 Å². The Kier molecular flexibility index (Phi) is 2.13. The van der Waals surface area contributed by atoms with Gasteiger partial charge in [-0.05, 0) is 25.0 Å². The number of rotatable bonds is 2. The standard InChI is InChI=1S/C12H15NO2/c14-11-6-9-3-4-10(7-11)13(9)8-12-2-1-5-15-12/h1-2,5,9-10H,3-4,6-8H2. The quantitative estimate of drug-likeness (QED) is 0.740. The van der Waals surface area contributed by atoms with Crippen LogP contribution in [-0.2, 0) is 11.3 Å². The van der Waals surface area contributed by atoms with E-state index < -0.39 is 0 Å². The van der Waals surface area contributed by atoms with Crippen LogP contribution >= 0.6 is 0 Å². The van der Waals surface area contributed by atoms with Crippen molar-refractivity contribution in [2.45, 2.75) is 44.3 Å². The van der Waals surface area contributed by atoms with E-state index in [4.69, 9.17) is 4.42 Å². The Balaban J connectivity index is 1.75. The fourth-order valence-corrected chi connectivity index (χ4v) is 2.90. The van der Waals surface area contributed by atoms with Gasteiger partial charge in [0.2, 0.25) is 0 Å². The predicted octanol–water partition coefficient (Wildman–Crippen LogP) is 1.98. The van der Waals surface area contributed by atoms with Crippen molar-refractivity contribution >= 4 is 5.78 Å². The molecule has 3 heterocycles. The summed E-state index contributed by atoms with van der Waals surface area (Å²) in [7, 11) is 0. The summed E-state index contributed by atoms with van der Waals surface area (Å²) in [5.74, 6) is 1.46. The van der Waals surface area contributed by atoms with Crippen LogP contribution in [0.4, 0.5) is 0 Å². The Bertz CT molecular complexity index is 342. The second-order valence-corrected chi connectivity index (χ2v) is 4.58. The van der Waals surface area contributed by atoms with E-state index in [0.29, 0.717) is 17.9 Å². The maximum absolute atomic E-state index is 11.4. The van der Waals surface area contributed by atoms with Gasteiger partial charge in [0.25, 0.3) is 0 Å². The average molecular weight is 205 g/mol. The monoisotopic (exact) mass is 205 g/mol. The normalized spacial score (nSPS) is 31.1. The van der Waals surface area contributed by atoms with E-state index in [1.54, 1.807) is 6.26 Å². The van der Waals surface area contributed by atoms with Crippen LogP contribution in [0, 0.1) is 0 Å². The van der Waals surface area contributed by atoms with E-state index in [2.05, 4.69) is 4.90 Å². The molecule has 0 radical (unpaired) electrons. The van der Waals surface area contributed by atoms with Gasteiger partial charge in [-0.15, -0.1) is 0 Å². The molecular formula is C12H15NO2. The second kappa shape index (κ2) is 3.49. The molecule has 2 aliphatic heterocycles. The molecule has 15 heavy (non-hydrogen) atoms. The number of hydrogen-bond acceptors (Lipinski definition) is 3. The first-order valence-corrected chi connectivity index (χ1v) is 5.63. The molecule has 0 aliphatic carbocycles. The Morgan fingerprint density at radius 2 is 2.07 bits per heavy atom. The zero-order valence-electron chi connectivity index (χ0n) is 8.69. The van der Waals surface area contributed by atoms with Crippen molar-refractivity contribution in [1.82, 2.24) is 4.90 Å². The summed E-state index contributed by atoms with van der Waals surface area (Å²) in [6, 6.07) is 4.88. The second-order valence-electron chi connectivity index (χ2n) is 4.58. The molecule has 2 unspecified atom stereocenters. The van der Waals surface area contributed by atoms with Crippen LogP contribution < -0.4 is 0 Å². The summed E-state index contributed by atoms with van der Waals surface area (Å²) in [4.78, 5) is 13.9. The lowest BCUT2D eigenvalue weighted by Gasteiger charge is -2.33. The first kappa shape index (κ1) is 9.16. The van der Waals surface area contributed by atoms with Crippen molar-refractivity contribution in [3.8, 4) is 0 Å². The summed E-state index contributed by atoms with van der Waals surface area (Å²) in [6.45, 7) is 0.871. The van der Waals surface area contributed by atoms with Crippen LogP contribution in [0.2, 0.25) is 0 Å². The van der Waals surface area contributed by atoms with E-state index in [1.807, 2.05) is 12.1 Å². The molecule has 1 aromatic rings. The fourth-order valence-electron chi connectivity index (χ4n) is 2.90. The van der Waals surface area contributed by atoms with Gasteiger partial charge in [0.1, 0.15) is 11.5 Å². The highest BCUT2D eigenvalue weighted by atomic mass is 16.3. The van der Waals surface area contributed by atoms with Crippen molar-refractivity contribution in [2.75, 3.05) is 0 Å². The van der Waals surface area contributed by atoms with Crippen LogP contribution in [-0.4, -0.2) is 22.8 Å². The third-order valence-corrected chi connectivity index (χ3v) is 3.62. The molecule has 3 rings (SSSR count). The van der Waals surface area contributed by atoms with Gasteiger partial charge in [0, 0.05) is 24.9 Å². The maximum atomic E-state index is 11.4. The first-order chi connectivity index (χ1) is 7.33. The molecule has 2 saturated heterocycles. The third kappa shape index (κ3) is 1.61. The molecule has 0 aromatic carbocycles. The number of hydrogen-bond donors (Lipinski definition) is 0. The summed E-state index contributed by atoms with van der Waals surface area (Å²) in [5, 5.41) is 0. The summed E-state index contributed by atoms with van der Waals surface area (Å²) in [6.07, 6.45) is 5.56. The molecule has 2 bridgehead atoms. The van der Waals surface area contributed by atoms with Crippen LogP contribution in [0.3, 0.4) is 0 Å². The SMILES string of the molecule is O=C1CC2CCC(C1)N2Cc1ccco1. The highest BCUT2D eigenvalue weighted by Crippen LogP contribution is 2.34. The van der Waals surface area contributed by atoms with Crippen molar-refractivity contribution < 1.29 is 9.21 Å². The lowest BCUT2D eigenvalue weighted by atomic mass is 10.0. The number of ketones is 1. The van der Waals surface area contributed by atoms with Crippen molar-refractivity contribution in [2.24, 2.45) is 0 Å². The lowest BCUT2D eigenvalue weighted by molar-refractivity contribution is -0.123. The van der Waals surface area contributed by atoms with Crippen molar-refractivity contribution in [3.63, 3.8) is 0 Å². The van der Waals surface area contributed by atoms with Gasteiger partial charge in [0.05, 0.1) is 12.8 Å². The molecule has 0 spiro atoms. The van der Waals surface area contributed by atoms with E-state index in [0.717, 1.165) is 25.1 Å². The lowest BCUT2D eigenvalue weighted by Crippen LogP contribution is -2.42. The number of furan rings is 1. The molecule has 3 heteroatoms. The average Bonchev–Trinajstić information content (AvgIpc) is 2.77. The van der Waals surface area contributed by atoms with E-state index >= 15 is 0 Å². The van der Waals surface area contributed by atoms with Gasteiger partial charge in [-0.2, -0.15) is 0 Å². The van der Waals surface area contributed by atoms with Crippen LogP contribution in [0.15, 0.2) is 22.8 Å². The Morgan fingerprint density at radius 3 is 2.67 bits per heavy atom. The number of nitrogens with zero attached hydrogens (tertiary/aromatic N) is 1. The van der Waals surface area contributed by atoms with Gasteiger partial charge in [0.15, 0.2) is 0 Å². The Hall–Kier alpha value is -1.09. The maximum Gasteiger partial charge on any atom is 0.136 e. The predicted molar refractivity (Wildman–Crippen MR) is 55.3 cm³/mol. The minimum absolute atomic E-state index is 0.443. The van der Waals surface area contributed by atoms with Crippen molar-refractivity contribution in [1.29, 1.82) is 0 Å². The highest BCUT2D eigenvalue weighted by molar-refractivity contribution is 5.80. The summed E-state index contributed by atoms with van der Waals surface area (Å²) >= 11 is 0. The zero-order chi connectivity index (χ0) is 10.3. The number of carbonyl (C=O) groups excluding carboxylic acids is 1. The minimum Gasteiger partial charge on any atom is -0.468 e. The van der Waals surface area contributed by atoms with Gasteiger partial charge in [-0.25, -0.2) is 0 Å². The highest BCUT2D eigenvalue weighted by Gasteiger charge is 2.40. The largest absolute Gasteiger partial charge is 0.468 e. The van der Waals surface area contributed by atoms with E-state index in [-0.39, 0.29) is 0 Å². The molecule has 3 nitrogen and oxygen atoms in total. The van der Waals surface area contributed by atoms with Gasteiger partial charge in [-0.3, -0.25) is 9.69 Å². The number of carbonyl (C=O) groups is 1. The molecule has 0 N–H and O–H groups in total. The van der Waals surface area contributed by atoms with E-state index in [1.165, 1.54) is 12.8 Å². The molecule has 2 atom stereocenters. The number of piperidine rings is 1. The molecule has 1 aromatic heterocycles. The van der Waals surface area contributed by atoms with Gasteiger partial charge in [-0.1, -0.05) is 0 Å². The molecule has 0 amide bonds. The molecule has 2 aliphatic rings. The Morgan fingerprint density at radius 1 is 1.33 bits per heavy atom. The van der Waals surface area contributed by atoms with Gasteiger partial charge < -0.3 is 4.42 Å². The third-order valence-electron chi connectivity index (χ3n) is 3.62. The smallest absolute Gasteiger partial charge is 0.136 e. The first-order valence-electron chi connectivity index (χ1n) is 5.63. The van der Waals surface area contributed by atoms with E-state index in [9.17, 15) is 4.79 Å². The molecule has 0 saturated carbocycles.